The number of nitrogens with two attached hydrogens (primary N) is 1. The van der Waals surface area contributed by atoms with Gasteiger partial charge in [0.15, 0.2) is 11.6 Å². The van der Waals surface area contributed by atoms with Crippen LogP contribution in [-0.4, -0.2) is 26.2 Å². The molecule has 0 amide bonds. The van der Waals surface area contributed by atoms with Crippen molar-refractivity contribution in [1.29, 1.82) is 0 Å². The van der Waals surface area contributed by atoms with Gasteiger partial charge in [-0.05, 0) is 42.0 Å². The molecular formula is C21H22FN3O2. The zero-order valence-electron chi connectivity index (χ0n) is 15.5. The van der Waals surface area contributed by atoms with E-state index in [1.54, 1.807) is 24.4 Å². The van der Waals surface area contributed by atoms with Crippen LogP contribution in [0, 0.1) is 5.82 Å². The van der Waals surface area contributed by atoms with Gasteiger partial charge in [0.05, 0.1) is 25.0 Å². The van der Waals surface area contributed by atoms with Gasteiger partial charge in [-0.1, -0.05) is 12.1 Å². The summed E-state index contributed by atoms with van der Waals surface area (Å²) in [5.74, 6) is 1.07. The molecule has 0 saturated heterocycles. The number of halogens is 1. The smallest absolute Gasteiger partial charge is 0.165 e. The van der Waals surface area contributed by atoms with E-state index in [9.17, 15) is 4.39 Å². The normalized spacial score (nSPS) is 11.7. The molecule has 5 nitrogen and oxygen atoms in total. The summed E-state index contributed by atoms with van der Waals surface area (Å²) in [7, 11) is 5.37. The first-order chi connectivity index (χ1) is 13.0. The first-order valence-electron chi connectivity index (χ1n) is 8.48. The van der Waals surface area contributed by atoms with Gasteiger partial charge in [0.25, 0.3) is 0 Å². The number of nitrogens with zero attached hydrogens (tertiary/aromatic N) is 2. The highest BCUT2D eigenvalue weighted by atomic mass is 19.1. The van der Waals surface area contributed by atoms with Crippen molar-refractivity contribution in [3.8, 4) is 17.2 Å². The number of pyridine rings is 1. The lowest BCUT2D eigenvalue weighted by molar-refractivity contribution is 0.385. The van der Waals surface area contributed by atoms with Crippen molar-refractivity contribution in [3.05, 3.63) is 77.9 Å². The molecule has 1 heterocycles. The van der Waals surface area contributed by atoms with Crippen molar-refractivity contribution < 1.29 is 13.9 Å². The number of benzene rings is 2. The number of rotatable bonds is 6. The lowest BCUT2D eigenvalue weighted by Gasteiger charge is -2.15. The fourth-order valence-electron chi connectivity index (χ4n) is 2.64. The topological polar surface area (TPSA) is 60.6 Å². The van der Waals surface area contributed by atoms with E-state index in [0.717, 1.165) is 11.4 Å². The molecule has 2 N–H and O–H groups in total. The van der Waals surface area contributed by atoms with Gasteiger partial charge >= 0.3 is 0 Å². The van der Waals surface area contributed by atoms with Crippen LogP contribution in [0.1, 0.15) is 17.3 Å². The third kappa shape index (κ3) is 4.35. The van der Waals surface area contributed by atoms with Crippen LogP contribution >= 0.6 is 0 Å². The van der Waals surface area contributed by atoms with Crippen molar-refractivity contribution in [1.82, 2.24) is 4.98 Å². The number of hydrogen-bond acceptors (Lipinski definition) is 5. The minimum Gasteiger partial charge on any atom is -0.494 e. The van der Waals surface area contributed by atoms with E-state index in [4.69, 9.17) is 15.2 Å². The molecule has 0 saturated carbocycles. The SMILES string of the molecule is COc1cc(C(N)c2ccc(Oc3cccc(N(C)C)c3)cn2)ccc1F. The molecule has 0 bridgehead atoms. The fourth-order valence-corrected chi connectivity index (χ4v) is 2.64. The Balaban J connectivity index is 1.76. The third-order valence-corrected chi connectivity index (χ3v) is 4.18. The second-order valence-electron chi connectivity index (χ2n) is 6.28. The molecule has 1 aromatic heterocycles. The maximum absolute atomic E-state index is 13.6. The van der Waals surface area contributed by atoms with Gasteiger partial charge in [-0.25, -0.2) is 4.39 Å². The van der Waals surface area contributed by atoms with E-state index in [0.29, 0.717) is 17.0 Å². The number of ether oxygens (including phenoxy) is 2. The largest absolute Gasteiger partial charge is 0.494 e. The minimum absolute atomic E-state index is 0.156. The second-order valence-corrected chi connectivity index (χ2v) is 6.28. The molecule has 1 atom stereocenters. The molecule has 2 aromatic carbocycles. The van der Waals surface area contributed by atoms with Gasteiger partial charge in [0, 0.05) is 25.8 Å². The molecule has 0 aliphatic carbocycles. The number of aromatic nitrogens is 1. The van der Waals surface area contributed by atoms with Crippen LogP contribution in [0.3, 0.4) is 0 Å². The number of anilines is 1. The Bertz CT molecular complexity index is 914. The molecule has 0 aliphatic rings. The highest BCUT2D eigenvalue weighted by Gasteiger charge is 2.13. The molecule has 6 heteroatoms. The summed E-state index contributed by atoms with van der Waals surface area (Å²) in [6.45, 7) is 0. The predicted molar refractivity (Wildman–Crippen MR) is 104 cm³/mol. The van der Waals surface area contributed by atoms with Gasteiger partial charge in [-0.2, -0.15) is 0 Å². The summed E-state index contributed by atoms with van der Waals surface area (Å²) >= 11 is 0. The van der Waals surface area contributed by atoms with E-state index in [1.807, 2.05) is 49.3 Å². The van der Waals surface area contributed by atoms with Crippen molar-refractivity contribution in [2.75, 3.05) is 26.1 Å². The highest BCUT2D eigenvalue weighted by molar-refractivity contribution is 5.50. The van der Waals surface area contributed by atoms with E-state index in [2.05, 4.69) is 4.98 Å². The maximum Gasteiger partial charge on any atom is 0.165 e. The van der Waals surface area contributed by atoms with Crippen LogP contribution in [0.5, 0.6) is 17.2 Å². The van der Waals surface area contributed by atoms with Gasteiger partial charge in [-0.15, -0.1) is 0 Å². The second kappa shape index (κ2) is 8.05. The van der Waals surface area contributed by atoms with Gasteiger partial charge < -0.3 is 20.1 Å². The Labute approximate surface area is 158 Å². The quantitative estimate of drug-likeness (QED) is 0.710. The van der Waals surface area contributed by atoms with E-state index in [1.165, 1.54) is 13.2 Å². The predicted octanol–water partition coefficient (Wildman–Crippen LogP) is 4.14. The zero-order chi connectivity index (χ0) is 19.4. The third-order valence-electron chi connectivity index (χ3n) is 4.18. The average Bonchev–Trinajstić information content (AvgIpc) is 2.68. The first kappa shape index (κ1) is 18.7. The molecule has 3 aromatic rings. The Hall–Kier alpha value is -3.12. The van der Waals surface area contributed by atoms with E-state index in [-0.39, 0.29) is 5.75 Å². The van der Waals surface area contributed by atoms with Gasteiger partial charge in [0.2, 0.25) is 0 Å². The lowest BCUT2D eigenvalue weighted by Crippen LogP contribution is -2.13. The number of hydrogen-bond donors (Lipinski definition) is 1. The molecule has 0 fully saturated rings. The Morgan fingerprint density at radius 1 is 1.04 bits per heavy atom. The molecule has 27 heavy (non-hydrogen) atoms. The van der Waals surface area contributed by atoms with Crippen LogP contribution in [0.4, 0.5) is 10.1 Å². The van der Waals surface area contributed by atoms with Crippen LogP contribution < -0.4 is 20.1 Å². The van der Waals surface area contributed by atoms with Gasteiger partial charge in [0.1, 0.15) is 11.5 Å². The summed E-state index contributed by atoms with van der Waals surface area (Å²) in [4.78, 5) is 6.40. The lowest BCUT2D eigenvalue weighted by atomic mass is 10.0. The molecular weight excluding hydrogens is 345 g/mol. The van der Waals surface area contributed by atoms with E-state index >= 15 is 0 Å². The summed E-state index contributed by atoms with van der Waals surface area (Å²) in [5.41, 5.74) is 8.67. The maximum atomic E-state index is 13.6. The molecule has 140 valence electrons. The first-order valence-corrected chi connectivity index (χ1v) is 8.48. The van der Waals surface area contributed by atoms with Gasteiger partial charge in [-0.3, -0.25) is 4.98 Å². The van der Waals surface area contributed by atoms with Crippen LogP contribution in [0.15, 0.2) is 60.8 Å². The van der Waals surface area contributed by atoms with Crippen molar-refractivity contribution >= 4 is 5.69 Å². The summed E-state index contributed by atoms with van der Waals surface area (Å²) < 4.78 is 24.4. The summed E-state index contributed by atoms with van der Waals surface area (Å²) in [6, 6.07) is 15.4. The number of methoxy groups -OCH3 is 1. The van der Waals surface area contributed by atoms with Crippen LogP contribution in [0.2, 0.25) is 0 Å². The Morgan fingerprint density at radius 3 is 2.52 bits per heavy atom. The van der Waals surface area contributed by atoms with Crippen molar-refractivity contribution in [2.24, 2.45) is 5.73 Å². The highest BCUT2D eigenvalue weighted by Crippen LogP contribution is 2.28. The molecule has 0 radical (unpaired) electrons. The monoisotopic (exact) mass is 367 g/mol. The standard InChI is InChI=1S/C21H22FN3O2/c1-25(2)15-5-4-6-16(12-15)27-17-8-10-19(24-13-17)21(23)14-7-9-18(22)20(11-14)26-3/h4-13,21H,23H2,1-3H3. The fraction of sp³-hybridized carbons (Fsp3) is 0.190. The molecule has 0 aliphatic heterocycles. The minimum atomic E-state index is -0.495. The molecule has 3 rings (SSSR count). The van der Waals surface area contributed by atoms with Crippen LogP contribution in [0.25, 0.3) is 0 Å². The van der Waals surface area contributed by atoms with Crippen LogP contribution in [-0.2, 0) is 0 Å². The molecule has 0 spiro atoms. The Kier molecular flexibility index (Phi) is 5.57. The summed E-state index contributed by atoms with van der Waals surface area (Å²) in [6.07, 6.45) is 1.62. The Morgan fingerprint density at radius 2 is 1.85 bits per heavy atom. The summed E-state index contributed by atoms with van der Waals surface area (Å²) in [5, 5.41) is 0. The van der Waals surface area contributed by atoms with Crippen molar-refractivity contribution in [2.45, 2.75) is 6.04 Å². The zero-order valence-corrected chi connectivity index (χ0v) is 15.5. The van der Waals surface area contributed by atoms with Crippen molar-refractivity contribution in [3.63, 3.8) is 0 Å². The molecule has 1 unspecified atom stereocenters. The van der Waals surface area contributed by atoms with E-state index < -0.39 is 11.9 Å². The average molecular weight is 367 g/mol.